The molecule has 10 nitrogen and oxygen atoms in total. The SMILES string of the molecule is O=C1OCC(c2ccccc2)N(Cc2ccc(OCCO)cc2)C(=O)C(Cc2nc3ccccc3o2)CC=CCC1Cc1nc2ccccc2o1. The van der Waals surface area contributed by atoms with Crippen molar-refractivity contribution in [1.29, 1.82) is 0 Å². The number of rotatable bonds is 10. The van der Waals surface area contributed by atoms with E-state index < -0.39 is 17.9 Å². The van der Waals surface area contributed by atoms with Crippen molar-refractivity contribution in [2.75, 3.05) is 19.8 Å². The van der Waals surface area contributed by atoms with Gasteiger partial charge in [0.1, 0.15) is 30.0 Å². The molecule has 0 fully saturated rings. The Bertz CT molecular complexity index is 2040. The fourth-order valence-corrected chi connectivity index (χ4v) is 6.44. The average Bonchev–Trinajstić information content (AvgIpc) is 3.77. The number of aliphatic hydroxyl groups is 1. The molecule has 1 amide bonds. The number of hydrogen-bond donors (Lipinski definition) is 1. The van der Waals surface area contributed by atoms with E-state index in [1.807, 2.05) is 115 Å². The van der Waals surface area contributed by atoms with Crippen LogP contribution in [-0.2, 0) is 33.7 Å². The fourth-order valence-electron chi connectivity index (χ4n) is 6.44. The van der Waals surface area contributed by atoms with E-state index in [4.69, 9.17) is 23.3 Å². The molecular formula is C41H39N3O7. The van der Waals surface area contributed by atoms with Crippen molar-refractivity contribution in [1.82, 2.24) is 14.9 Å². The summed E-state index contributed by atoms with van der Waals surface area (Å²) in [5.74, 6) is 0.00679. The van der Waals surface area contributed by atoms with Crippen LogP contribution in [0.5, 0.6) is 5.75 Å². The first-order chi connectivity index (χ1) is 25.0. The second kappa shape index (κ2) is 15.9. The zero-order valence-corrected chi connectivity index (χ0v) is 28.1. The lowest BCUT2D eigenvalue weighted by Gasteiger charge is -2.35. The highest BCUT2D eigenvalue weighted by Gasteiger charge is 2.34. The Morgan fingerprint density at radius 3 is 1.94 bits per heavy atom. The van der Waals surface area contributed by atoms with Crippen LogP contribution in [0.4, 0.5) is 0 Å². The van der Waals surface area contributed by atoms with Crippen molar-refractivity contribution >= 4 is 34.1 Å². The van der Waals surface area contributed by atoms with Crippen molar-refractivity contribution in [3.8, 4) is 5.75 Å². The minimum absolute atomic E-state index is 0.0460. The van der Waals surface area contributed by atoms with E-state index in [0.29, 0.717) is 41.5 Å². The van der Waals surface area contributed by atoms with Gasteiger partial charge in [0, 0.05) is 19.4 Å². The molecule has 0 radical (unpaired) electrons. The largest absolute Gasteiger partial charge is 0.491 e. The molecule has 260 valence electrons. The monoisotopic (exact) mass is 685 g/mol. The number of carbonyl (C=O) groups is 2. The summed E-state index contributed by atoms with van der Waals surface area (Å²) in [6.45, 7) is 0.295. The average molecular weight is 686 g/mol. The van der Waals surface area contributed by atoms with Gasteiger partial charge >= 0.3 is 5.97 Å². The van der Waals surface area contributed by atoms with Gasteiger partial charge in [-0.2, -0.15) is 0 Å². The lowest BCUT2D eigenvalue weighted by molar-refractivity contribution is -0.154. The van der Waals surface area contributed by atoms with Crippen LogP contribution in [0, 0.1) is 11.8 Å². The Morgan fingerprint density at radius 2 is 1.31 bits per heavy atom. The third kappa shape index (κ3) is 8.19. The van der Waals surface area contributed by atoms with E-state index in [9.17, 15) is 14.7 Å². The highest BCUT2D eigenvalue weighted by molar-refractivity contribution is 5.80. The van der Waals surface area contributed by atoms with Gasteiger partial charge in [0.15, 0.2) is 22.9 Å². The lowest BCUT2D eigenvalue weighted by atomic mass is 9.94. The second-order valence-corrected chi connectivity index (χ2v) is 12.6. The van der Waals surface area contributed by atoms with Gasteiger partial charge < -0.3 is 28.3 Å². The second-order valence-electron chi connectivity index (χ2n) is 12.6. The van der Waals surface area contributed by atoms with Crippen molar-refractivity contribution in [2.45, 2.75) is 38.3 Å². The third-order valence-electron chi connectivity index (χ3n) is 9.07. The van der Waals surface area contributed by atoms with Gasteiger partial charge in [-0.05, 0) is 60.4 Å². The van der Waals surface area contributed by atoms with Gasteiger partial charge in [-0.3, -0.25) is 9.59 Å². The van der Waals surface area contributed by atoms with Crippen molar-refractivity contribution in [3.05, 3.63) is 138 Å². The zero-order chi connectivity index (χ0) is 35.0. The molecule has 0 bridgehead atoms. The smallest absolute Gasteiger partial charge is 0.309 e. The van der Waals surface area contributed by atoms with E-state index >= 15 is 0 Å². The molecule has 0 spiro atoms. The quantitative estimate of drug-likeness (QED) is 0.120. The molecule has 3 unspecified atom stereocenters. The molecule has 4 aromatic carbocycles. The number of amides is 1. The molecule has 2 aromatic heterocycles. The summed E-state index contributed by atoms with van der Waals surface area (Å²) < 4.78 is 23.8. The van der Waals surface area contributed by atoms with Crippen LogP contribution in [-0.4, -0.2) is 51.7 Å². The predicted octanol–water partition coefficient (Wildman–Crippen LogP) is 7.02. The standard InChI is InChI=1S/C41H39N3O7/c45-22-23-48-32-20-18-28(19-21-32)26-44-35(29-10-2-1-3-11-29)27-49-41(47)31(25-39-43-34-15-7-9-17-37(34)51-39)13-5-4-12-30(40(44)46)24-38-42-33-14-6-8-16-36(33)50-38/h1-11,14-21,30-31,35,45H,12-13,22-27H2. The molecule has 3 heterocycles. The van der Waals surface area contributed by atoms with E-state index in [1.165, 1.54) is 0 Å². The number of fused-ring (bicyclic) bond motifs is 2. The van der Waals surface area contributed by atoms with Crippen molar-refractivity contribution < 1.29 is 33.0 Å². The number of nitrogens with zero attached hydrogens (tertiary/aromatic N) is 3. The number of allylic oxidation sites excluding steroid dienone is 2. The maximum Gasteiger partial charge on any atom is 0.309 e. The molecule has 0 saturated carbocycles. The maximum absolute atomic E-state index is 14.9. The number of ether oxygens (including phenoxy) is 2. The van der Waals surface area contributed by atoms with Crippen LogP contribution in [0.1, 0.15) is 41.8 Å². The lowest BCUT2D eigenvalue weighted by Crippen LogP contribution is -2.42. The highest BCUT2D eigenvalue weighted by atomic mass is 16.5. The summed E-state index contributed by atoms with van der Waals surface area (Å²) in [6, 6.07) is 31.6. The van der Waals surface area contributed by atoms with Gasteiger partial charge in [-0.1, -0.05) is 78.9 Å². The van der Waals surface area contributed by atoms with E-state index in [1.54, 1.807) is 4.90 Å². The predicted molar refractivity (Wildman–Crippen MR) is 190 cm³/mol. The van der Waals surface area contributed by atoms with Crippen molar-refractivity contribution in [2.24, 2.45) is 11.8 Å². The number of aromatic nitrogens is 2. The molecule has 1 aliphatic rings. The molecule has 6 aromatic rings. The van der Waals surface area contributed by atoms with Gasteiger partial charge in [-0.25, -0.2) is 9.97 Å². The first kappa shape index (κ1) is 33.7. The van der Waals surface area contributed by atoms with Crippen LogP contribution in [0.2, 0.25) is 0 Å². The van der Waals surface area contributed by atoms with Crippen LogP contribution in [0.15, 0.2) is 124 Å². The molecule has 1 aliphatic heterocycles. The van der Waals surface area contributed by atoms with Crippen LogP contribution < -0.4 is 4.74 Å². The number of carbonyl (C=O) groups excluding carboxylic acids is 2. The molecule has 10 heteroatoms. The molecular weight excluding hydrogens is 646 g/mol. The van der Waals surface area contributed by atoms with Gasteiger partial charge in [0.25, 0.3) is 0 Å². The minimum Gasteiger partial charge on any atom is -0.491 e. The zero-order valence-electron chi connectivity index (χ0n) is 28.1. The van der Waals surface area contributed by atoms with Crippen molar-refractivity contribution in [3.63, 3.8) is 0 Å². The highest BCUT2D eigenvalue weighted by Crippen LogP contribution is 2.31. The number of cyclic esters (lactones) is 1. The third-order valence-corrected chi connectivity index (χ3v) is 9.07. The topological polar surface area (TPSA) is 128 Å². The summed E-state index contributed by atoms with van der Waals surface area (Å²) in [5.41, 5.74) is 4.50. The fraction of sp³-hybridized carbons (Fsp3) is 0.268. The van der Waals surface area contributed by atoms with Crippen LogP contribution in [0.25, 0.3) is 22.2 Å². The molecule has 51 heavy (non-hydrogen) atoms. The first-order valence-electron chi connectivity index (χ1n) is 17.2. The molecule has 3 atom stereocenters. The molecule has 0 aliphatic carbocycles. The summed E-state index contributed by atoms with van der Waals surface area (Å²) >= 11 is 0. The van der Waals surface area contributed by atoms with Gasteiger partial charge in [0.2, 0.25) is 5.91 Å². The normalized spacial score (nSPS) is 18.8. The number of hydrogen-bond acceptors (Lipinski definition) is 9. The minimum atomic E-state index is -0.590. The number of oxazole rings is 2. The maximum atomic E-state index is 14.9. The van der Waals surface area contributed by atoms with Crippen LogP contribution >= 0.6 is 0 Å². The molecule has 0 saturated heterocycles. The Kier molecular flexibility index (Phi) is 10.5. The number of esters is 1. The Morgan fingerprint density at radius 1 is 0.725 bits per heavy atom. The summed E-state index contributed by atoms with van der Waals surface area (Å²) in [7, 11) is 0. The molecule has 7 rings (SSSR count). The number of benzene rings is 4. The first-order valence-corrected chi connectivity index (χ1v) is 17.2. The summed E-state index contributed by atoms with van der Waals surface area (Å²) in [5, 5.41) is 9.18. The van der Waals surface area contributed by atoms with Gasteiger partial charge in [-0.15, -0.1) is 0 Å². The summed E-state index contributed by atoms with van der Waals surface area (Å²) in [4.78, 5) is 39.8. The Balaban J connectivity index is 1.24. The Labute approximate surface area is 295 Å². The number of aliphatic hydroxyl groups excluding tert-OH is 1. The summed E-state index contributed by atoms with van der Waals surface area (Å²) in [6.07, 6.45) is 5.26. The van der Waals surface area contributed by atoms with E-state index in [2.05, 4.69) is 4.98 Å². The number of para-hydroxylation sites is 4. The van der Waals surface area contributed by atoms with E-state index in [-0.39, 0.29) is 51.1 Å². The van der Waals surface area contributed by atoms with E-state index in [0.717, 1.165) is 22.2 Å². The van der Waals surface area contributed by atoms with Crippen LogP contribution in [0.3, 0.4) is 0 Å². The van der Waals surface area contributed by atoms with Gasteiger partial charge in [0.05, 0.1) is 24.5 Å². The molecule has 1 N–H and O–H groups in total. The Hall–Kier alpha value is -5.74.